The molecule has 1 aromatic heterocycles. The van der Waals surface area contributed by atoms with Gasteiger partial charge in [-0.15, -0.1) is 0 Å². The van der Waals surface area contributed by atoms with E-state index in [9.17, 15) is 0 Å². The van der Waals surface area contributed by atoms with Crippen LogP contribution in [0.25, 0.3) is 77.1 Å². The van der Waals surface area contributed by atoms with Crippen molar-refractivity contribution in [1.82, 2.24) is 4.98 Å². The topological polar surface area (TPSA) is 29.3 Å². The second kappa shape index (κ2) is 12.0. The van der Waals surface area contributed by atoms with Crippen LogP contribution in [0, 0.1) is 0 Å². The summed E-state index contributed by atoms with van der Waals surface area (Å²) in [6, 6.07) is 65.6. The van der Waals surface area contributed by atoms with Gasteiger partial charge >= 0.3 is 0 Å². The molecule has 260 valence electrons. The Labute approximate surface area is 319 Å². The van der Waals surface area contributed by atoms with E-state index in [1.165, 1.54) is 49.5 Å². The van der Waals surface area contributed by atoms with Crippen molar-refractivity contribution in [3.05, 3.63) is 193 Å². The zero-order valence-corrected chi connectivity index (χ0v) is 30.6. The Bertz CT molecular complexity index is 3120. The lowest BCUT2D eigenvalue weighted by molar-refractivity contribution is 0.620. The summed E-state index contributed by atoms with van der Waals surface area (Å²) in [6.45, 7) is 4.68. The number of nitrogens with zero attached hydrogens (tertiary/aromatic N) is 2. The van der Waals surface area contributed by atoms with Crippen molar-refractivity contribution in [2.45, 2.75) is 19.3 Å². The fraction of sp³-hybridized carbons (Fsp3) is 0.0577. The highest BCUT2D eigenvalue weighted by Gasteiger charge is 2.35. The molecule has 11 rings (SSSR count). The minimum absolute atomic E-state index is 0.0746. The fourth-order valence-corrected chi connectivity index (χ4v) is 9.00. The van der Waals surface area contributed by atoms with Crippen LogP contribution in [-0.4, -0.2) is 4.98 Å². The van der Waals surface area contributed by atoms with Gasteiger partial charge in [0.25, 0.3) is 0 Å². The molecule has 55 heavy (non-hydrogen) atoms. The second-order valence-electron chi connectivity index (χ2n) is 15.1. The molecule has 0 saturated carbocycles. The molecule has 0 spiro atoms. The normalized spacial score (nSPS) is 13.1. The molecule has 0 radical (unpaired) electrons. The summed E-state index contributed by atoms with van der Waals surface area (Å²) in [5.74, 6) is 0.631. The van der Waals surface area contributed by atoms with Gasteiger partial charge in [-0.2, -0.15) is 0 Å². The third-order valence-corrected chi connectivity index (χ3v) is 11.7. The Morgan fingerprint density at radius 3 is 1.96 bits per heavy atom. The van der Waals surface area contributed by atoms with Crippen LogP contribution in [0.1, 0.15) is 25.0 Å². The van der Waals surface area contributed by atoms with E-state index < -0.39 is 0 Å². The molecule has 9 aromatic carbocycles. The first-order valence-corrected chi connectivity index (χ1v) is 19.0. The maximum Gasteiger partial charge on any atom is 0.227 e. The van der Waals surface area contributed by atoms with Crippen molar-refractivity contribution in [2.75, 3.05) is 4.90 Å². The monoisotopic (exact) mass is 704 g/mol. The summed E-state index contributed by atoms with van der Waals surface area (Å²) in [7, 11) is 0. The van der Waals surface area contributed by atoms with Gasteiger partial charge in [-0.05, 0) is 103 Å². The SMILES string of the molecule is CC1(C)c2ccccc2-c2cc(N(c3cccc(-c4ccccc4)c3)c3cccc4c3ccc3ccc5ccc6oc(-c7ccccc7)nc6c5c34)ccc21. The van der Waals surface area contributed by atoms with Crippen molar-refractivity contribution < 1.29 is 4.42 Å². The van der Waals surface area contributed by atoms with E-state index >= 15 is 0 Å². The van der Waals surface area contributed by atoms with Gasteiger partial charge in [0.1, 0.15) is 5.52 Å². The van der Waals surface area contributed by atoms with Crippen LogP contribution in [0.5, 0.6) is 0 Å². The van der Waals surface area contributed by atoms with Crippen LogP contribution >= 0.6 is 0 Å². The van der Waals surface area contributed by atoms with Gasteiger partial charge in [0.05, 0.1) is 5.69 Å². The summed E-state index contributed by atoms with van der Waals surface area (Å²) in [5, 5.41) is 6.93. The molecule has 0 bridgehead atoms. The van der Waals surface area contributed by atoms with Gasteiger partial charge in [0, 0.05) is 33.1 Å². The number of fused-ring (bicyclic) bond motifs is 10. The average Bonchev–Trinajstić information content (AvgIpc) is 3.78. The lowest BCUT2D eigenvalue weighted by atomic mass is 9.82. The minimum Gasteiger partial charge on any atom is -0.436 e. The van der Waals surface area contributed by atoms with Crippen LogP contribution in [0.4, 0.5) is 17.1 Å². The van der Waals surface area contributed by atoms with Crippen molar-refractivity contribution in [3.8, 4) is 33.7 Å². The fourth-order valence-electron chi connectivity index (χ4n) is 9.00. The van der Waals surface area contributed by atoms with Crippen LogP contribution < -0.4 is 4.90 Å². The Kier molecular flexibility index (Phi) is 6.90. The quantitative estimate of drug-likeness (QED) is 0.167. The molecule has 1 aliphatic rings. The number of anilines is 3. The van der Waals surface area contributed by atoms with E-state index in [4.69, 9.17) is 9.40 Å². The van der Waals surface area contributed by atoms with E-state index in [0.717, 1.165) is 49.9 Å². The maximum absolute atomic E-state index is 6.41. The summed E-state index contributed by atoms with van der Waals surface area (Å²) >= 11 is 0. The van der Waals surface area contributed by atoms with Crippen molar-refractivity contribution >= 4 is 60.5 Å². The number of aromatic nitrogens is 1. The average molecular weight is 705 g/mol. The number of hydrogen-bond donors (Lipinski definition) is 0. The van der Waals surface area contributed by atoms with Crippen molar-refractivity contribution in [2.24, 2.45) is 0 Å². The number of rotatable bonds is 5. The van der Waals surface area contributed by atoms with Gasteiger partial charge < -0.3 is 9.32 Å². The summed E-state index contributed by atoms with van der Waals surface area (Å²) in [4.78, 5) is 7.59. The van der Waals surface area contributed by atoms with E-state index in [1.54, 1.807) is 0 Å². The van der Waals surface area contributed by atoms with Gasteiger partial charge in [0.2, 0.25) is 5.89 Å². The predicted molar refractivity (Wildman–Crippen MR) is 230 cm³/mol. The highest BCUT2D eigenvalue weighted by molar-refractivity contribution is 6.27. The van der Waals surface area contributed by atoms with Crippen LogP contribution in [0.2, 0.25) is 0 Å². The van der Waals surface area contributed by atoms with Crippen molar-refractivity contribution in [1.29, 1.82) is 0 Å². The van der Waals surface area contributed by atoms with E-state index in [-0.39, 0.29) is 5.41 Å². The van der Waals surface area contributed by atoms with Crippen molar-refractivity contribution in [3.63, 3.8) is 0 Å². The molecule has 0 atom stereocenters. The third-order valence-electron chi connectivity index (χ3n) is 11.7. The molecule has 0 amide bonds. The summed E-state index contributed by atoms with van der Waals surface area (Å²) in [6.07, 6.45) is 0. The molecule has 0 N–H and O–H groups in total. The number of benzene rings is 9. The Morgan fingerprint density at radius 2 is 1.13 bits per heavy atom. The molecule has 0 fully saturated rings. The van der Waals surface area contributed by atoms with Gasteiger partial charge in [-0.25, -0.2) is 4.98 Å². The van der Waals surface area contributed by atoms with Gasteiger partial charge in [0.15, 0.2) is 5.58 Å². The molecule has 3 nitrogen and oxygen atoms in total. The van der Waals surface area contributed by atoms with E-state index in [0.29, 0.717) is 5.89 Å². The highest BCUT2D eigenvalue weighted by Crippen LogP contribution is 2.51. The maximum atomic E-state index is 6.41. The number of hydrogen-bond acceptors (Lipinski definition) is 3. The molecule has 0 aliphatic heterocycles. The van der Waals surface area contributed by atoms with Gasteiger partial charge in [-0.3, -0.25) is 0 Å². The highest BCUT2D eigenvalue weighted by atomic mass is 16.3. The first kappa shape index (κ1) is 31.5. The minimum atomic E-state index is -0.0746. The zero-order valence-electron chi connectivity index (χ0n) is 30.6. The molecule has 1 heterocycles. The lowest BCUT2D eigenvalue weighted by Gasteiger charge is -2.29. The van der Waals surface area contributed by atoms with Gasteiger partial charge in [-0.1, -0.05) is 147 Å². The summed E-state index contributed by atoms with van der Waals surface area (Å²) < 4.78 is 6.41. The first-order valence-electron chi connectivity index (χ1n) is 19.0. The van der Waals surface area contributed by atoms with Crippen LogP contribution in [0.3, 0.4) is 0 Å². The molecule has 0 unspecified atom stereocenters. The Balaban J connectivity index is 1.18. The smallest absolute Gasteiger partial charge is 0.227 e. The first-order chi connectivity index (χ1) is 27.0. The largest absolute Gasteiger partial charge is 0.436 e. The van der Waals surface area contributed by atoms with E-state index in [2.05, 4.69) is 164 Å². The predicted octanol–water partition coefficient (Wildman–Crippen LogP) is 14.4. The van der Waals surface area contributed by atoms with Crippen LogP contribution in [-0.2, 0) is 5.41 Å². The van der Waals surface area contributed by atoms with Crippen LogP contribution in [0.15, 0.2) is 186 Å². The number of oxazole rings is 1. The standard InChI is InChI=1S/C52H36N2O/c1-52(2)44-21-10-9-19-40(44)43-32-39(27-29-45(43)52)54(38-18-11-17-37(31-38)33-13-5-3-6-14-33)46-22-12-20-42-41(46)28-25-34-23-24-35-26-30-47-50(49(35)48(34)42)53-51(55-47)36-15-7-4-8-16-36/h3-32H,1-2H3. The summed E-state index contributed by atoms with van der Waals surface area (Å²) in [5.41, 5.74) is 13.6. The third kappa shape index (κ3) is 4.86. The Morgan fingerprint density at radius 1 is 0.473 bits per heavy atom. The molecule has 0 saturated heterocycles. The zero-order chi connectivity index (χ0) is 36.7. The molecule has 3 heteroatoms. The second-order valence-corrected chi connectivity index (χ2v) is 15.1. The lowest BCUT2D eigenvalue weighted by Crippen LogP contribution is -2.15. The molecular formula is C52H36N2O. The Hall–Kier alpha value is -6.97. The molecule has 10 aromatic rings. The van der Waals surface area contributed by atoms with E-state index in [1.807, 2.05) is 36.4 Å². The molecular weight excluding hydrogens is 669 g/mol. The molecule has 1 aliphatic carbocycles.